The van der Waals surface area contributed by atoms with E-state index in [4.69, 9.17) is 4.74 Å². The fourth-order valence-corrected chi connectivity index (χ4v) is 2.22. The molecule has 0 unspecified atom stereocenters. The van der Waals surface area contributed by atoms with Crippen LogP contribution >= 0.6 is 0 Å². The molecule has 0 saturated carbocycles. The van der Waals surface area contributed by atoms with Gasteiger partial charge < -0.3 is 4.74 Å². The summed E-state index contributed by atoms with van der Waals surface area (Å²) in [7, 11) is 0. The summed E-state index contributed by atoms with van der Waals surface area (Å²) < 4.78 is 4.99. The van der Waals surface area contributed by atoms with Gasteiger partial charge in [0, 0.05) is 0 Å². The van der Waals surface area contributed by atoms with Crippen LogP contribution in [0, 0.1) is 0 Å². The van der Waals surface area contributed by atoms with Crippen LogP contribution < -0.4 is 0 Å². The van der Waals surface area contributed by atoms with Gasteiger partial charge in [-0.25, -0.2) is 0 Å². The van der Waals surface area contributed by atoms with Gasteiger partial charge in [0.05, 0.1) is 13.0 Å². The van der Waals surface area contributed by atoms with Crippen molar-refractivity contribution >= 4 is 5.97 Å². The Morgan fingerprint density at radius 2 is 1.60 bits per heavy atom. The molecule has 2 nitrogen and oxygen atoms in total. The van der Waals surface area contributed by atoms with Crippen molar-refractivity contribution in [1.29, 1.82) is 0 Å². The van der Waals surface area contributed by atoms with E-state index in [0.717, 1.165) is 5.56 Å². The zero-order valence-corrected chi connectivity index (χ0v) is 12.0. The Balaban J connectivity index is 2.06. The van der Waals surface area contributed by atoms with Crippen molar-refractivity contribution in [2.24, 2.45) is 0 Å². The van der Waals surface area contributed by atoms with E-state index < -0.39 is 0 Å². The van der Waals surface area contributed by atoms with Crippen LogP contribution in [0.15, 0.2) is 54.6 Å². The van der Waals surface area contributed by atoms with Crippen LogP contribution in [0.3, 0.4) is 0 Å². The summed E-state index contributed by atoms with van der Waals surface area (Å²) in [4.78, 5) is 11.5. The summed E-state index contributed by atoms with van der Waals surface area (Å²) >= 11 is 0. The van der Waals surface area contributed by atoms with Gasteiger partial charge in [0.2, 0.25) is 0 Å². The van der Waals surface area contributed by atoms with Crippen LogP contribution in [0.2, 0.25) is 0 Å². The lowest BCUT2D eigenvalue weighted by Gasteiger charge is -2.12. The standard InChI is InChI=1S/C18H20O2/c1-3-20-18(19)13-14(2)15-9-11-17(12-10-15)16-7-5-4-6-8-16/h4-12,14H,3,13H2,1-2H3/t14-/m0/s1. The van der Waals surface area contributed by atoms with E-state index in [9.17, 15) is 4.79 Å². The smallest absolute Gasteiger partial charge is 0.306 e. The monoisotopic (exact) mass is 268 g/mol. The van der Waals surface area contributed by atoms with Crippen LogP contribution in [0.4, 0.5) is 0 Å². The average Bonchev–Trinajstić information content (AvgIpc) is 2.48. The lowest BCUT2D eigenvalue weighted by molar-refractivity contribution is -0.143. The molecule has 0 aliphatic carbocycles. The van der Waals surface area contributed by atoms with E-state index in [-0.39, 0.29) is 11.9 Å². The molecule has 2 rings (SSSR count). The zero-order chi connectivity index (χ0) is 14.4. The number of esters is 1. The molecule has 1 atom stereocenters. The molecule has 0 spiro atoms. The highest BCUT2D eigenvalue weighted by Crippen LogP contribution is 2.24. The van der Waals surface area contributed by atoms with E-state index in [0.29, 0.717) is 13.0 Å². The predicted molar refractivity (Wildman–Crippen MR) is 81.5 cm³/mol. The van der Waals surface area contributed by atoms with Gasteiger partial charge in [0.15, 0.2) is 0 Å². The summed E-state index contributed by atoms with van der Waals surface area (Å²) in [5.74, 6) is 0.0472. The van der Waals surface area contributed by atoms with Gasteiger partial charge in [-0.3, -0.25) is 4.79 Å². The highest BCUT2D eigenvalue weighted by Gasteiger charge is 2.12. The van der Waals surface area contributed by atoms with Crippen molar-refractivity contribution in [3.05, 3.63) is 60.2 Å². The highest BCUT2D eigenvalue weighted by molar-refractivity contribution is 5.70. The molecule has 2 aromatic carbocycles. The number of carbonyl (C=O) groups excluding carboxylic acids is 1. The Morgan fingerprint density at radius 3 is 2.20 bits per heavy atom. The van der Waals surface area contributed by atoms with Crippen LogP contribution in [0.5, 0.6) is 0 Å². The van der Waals surface area contributed by atoms with Gasteiger partial charge in [0.25, 0.3) is 0 Å². The second-order valence-electron chi connectivity index (χ2n) is 4.90. The molecule has 0 radical (unpaired) electrons. The van der Waals surface area contributed by atoms with E-state index >= 15 is 0 Å². The van der Waals surface area contributed by atoms with Gasteiger partial charge in [-0.05, 0) is 29.5 Å². The fourth-order valence-electron chi connectivity index (χ4n) is 2.22. The molecular weight excluding hydrogens is 248 g/mol. The number of hydrogen-bond acceptors (Lipinski definition) is 2. The van der Waals surface area contributed by atoms with Crippen molar-refractivity contribution in [3.8, 4) is 11.1 Å². The first-order chi connectivity index (χ1) is 9.70. The van der Waals surface area contributed by atoms with Crippen LogP contribution in [0.25, 0.3) is 11.1 Å². The van der Waals surface area contributed by atoms with E-state index in [1.165, 1.54) is 11.1 Å². The van der Waals surface area contributed by atoms with E-state index in [1.807, 2.05) is 25.1 Å². The molecule has 0 fully saturated rings. The number of rotatable bonds is 5. The SMILES string of the molecule is CCOC(=O)C[C@H](C)c1ccc(-c2ccccc2)cc1. The van der Waals surface area contributed by atoms with E-state index in [1.54, 1.807) is 0 Å². The average molecular weight is 268 g/mol. The van der Waals surface area contributed by atoms with Gasteiger partial charge >= 0.3 is 5.97 Å². The molecule has 0 saturated heterocycles. The Hall–Kier alpha value is -2.09. The molecule has 0 heterocycles. The van der Waals surface area contributed by atoms with Gasteiger partial charge in [-0.2, -0.15) is 0 Å². The van der Waals surface area contributed by atoms with Crippen molar-refractivity contribution in [2.45, 2.75) is 26.2 Å². The first-order valence-electron chi connectivity index (χ1n) is 7.01. The zero-order valence-electron chi connectivity index (χ0n) is 12.0. The summed E-state index contributed by atoms with van der Waals surface area (Å²) in [5, 5.41) is 0. The Morgan fingerprint density at radius 1 is 1.00 bits per heavy atom. The predicted octanol–water partition coefficient (Wildman–Crippen LogP) is 4.41. The second-order valence-corrected chi connectivity index (χ2v) is 4.90. The molecule has 20 heavy (non-hydrogen) atoms. The highest BCUT2D eigenvalue weighted by atomic mass is 16.5. The lowest BCUT2D eigenvalue weighted by atomic mass is 9.95. The molecule has 0 aliphatic rings. The first-order valence-corrected chi connectivity index (χ1v) is 7.01. The lowest BCUT2D eigenvalue weighted by Crippen LogP contribution is -2.08. The summed E-state index contributed by atoms with van der Waals surface area (Å²) in [6.45, 7) is 4.32. The van der Waals surface area contributed by atoms with Crippen LogP contribution in [0.1, 0.15) is 31.7 Å². The number of ether oxygens (including phenoxy) is 1. The third-order valence-corrected chi connectivity index (χ3v) is 3.37. The van der Waals surface area contributed by atoms with Crippen LogP contribution in [-0.4, -0.2) is 12.6 Å². The second kappa shape index (κ2) is 6.90. The maximum atomic E-state index is 11.5. The largest absolute Gasteiger partial charge is 0.466 e. The number of carbonyl (C=O) groups is 1. The molecule has 2 aromatic rings. The number of hydrogen-bond donors (Lipinski definition) is 0. The quantitative estimate of drug-likeness (QED) is 0.751. The summed E-state index contributed by atoms with van der Waals surface area (Å²) in [5.41, 5.74) is 3.56. The molecular formula is C18H20O2. The Bertz CT molecular complexity index is 543. The van der Waals surface area contributed by atoms with Crippen LogP contribution in [-0.2, 0) is 9.53 Å². The Labute approximate surface area is 120 Å². The maximum absolute atomic E-state index is 11.5. The van der Waals surface area contributed by atoms with Crippen molar-refractivity contribution in [2.75, 3.05) is 6.61 Å². The minimum absolute atomic E-state index is 0.132. The molecule has 0 aliphatic heterocycles. The molecule has 0 aromatic heterocycles. The van der Waals surface area contributed by atoms with Gasteiger partial charge in [-0.15, -0.1) is 0 Å². The molecule has 104 valence electrons. The maximum Gasteiger partial charge on any atom is 0.306 e. The summed E-state index contributed by atoms with van der Waals surface area (Å²) in [6.07, 6.45) is 0.429. The molecule has 0 bridgehead atoms. The normalized spacial score (nSPS) is 11.9. The van der Waals surface area contributed by atoms with Gasteiger partial charge in [-0.1, -0.05) is 61.5 Å². The molecule has 2 heteroatoms. The minimum Gasteiger partial charge on any atom is -0.466 e. The van der Waals surface area contributed by atoms with E-state index in [2.05, 4.69) is 43.3 Å². The molecule has 0 N–H and O–H groups in total. The minimum atomic E-state index is -0.132. The van der Waals surface area contributed by atoms with Gasteiger partial charge in [0.1, 0.15) is 0 Å². The van der Waals surface area contributed by atoms with Crippen molar-refractivity contribution in [1.82, 2.24) is 0 Å². The third-order valence-electron chi connectivity index (χ3n) is 3.37. The fraction of sp³-hybridized carbons (Fsp3) is 0.278. The summed E-state index contributed by atoms with van der Waals surface area (Å²) in [6, 6.07) is 18.7. The number of benzene rings is 2. The topological polar surface area (TPSA) is 26.3 Å². The Kier molecular flexibility index (Phi) is 4.94. The first kappa shape index (κ1) is 14.3. The molecule has 0 amide bonds. The third kappa shape index (κ3) is 3.70. The van der Waals surface area contributed by atoms with Crippen molar-refractivity contribution < 1.29 is 9.53 Å². The van der Waals surface area contributed by atoms with Crippen molar-refractivity contribution in [3.63, 3.8) is 0 Å².